The molecule has 0 saturated heterocycles. The summed E-state index contributed by atoms with van der Waals surface area (Å²) < 4.78 is 16.6. The van der Waals surface area contributed by atoms with E-state index in [1.807, 2.05) is 0 Å². The van der Waals surface area contributed by atoms with Gasteiger partial charge in [0.25, 0.3) is 0 Å². The second-order valence-electron chi connectivity index (χ2n) is 15.3. The van der Waals surface area contributed by atoms with Crippen molar-refractivity contribution in [2.24, 2.45) is 0 Å². The van der Waals surface area contributed by atoms with E-state index in [2.05, 4.69) is 69.4 Å². The number of hydrogen-bond donors (Lipinski definition) is 0. The normalized spacial score (nSPS) is 12.4. The number of unbranched alkanes of at least 4 members (excludes halogenated alkanes) is 22. The molecule has 1 atom stereocenters. The first-order valence-corrected chi connectivity index (χ1v) is 23.1. The smallest absolute Gasteiger partial charge is 0.306 e. The lowest BCUT2D eigenvalue weighted by molar-refractivity contribution is -0.167. The van der Waals surface area contributed by atoms with Crippen LogP contribution in [0, 0.1) is 0 Å². The summed E-state index contributed by atoms with van der Waals surface area (Å²) in [6, 6.07) is 0. The third kappa shape index (κ3) is 42.4. The lowest BCUT2D eigenvalue weighted by Gasteiger charge is -2.18. The summed E-state index contributed by atoms with van der Waals surface area (Å²) in [4.78, 5) is 37.5. The molecule has 0 rings (SSSR count). The van der Waals surface area contributed by atoms with Crippen LogP contribution in [0.15, 0.2) is 48.6 Å². The molecule has 55 heavy (non-hydrogen) atoms. The number of allylic oxidation sites excluding steroid dienone is 8. The molecule has 0 fully saturated rings. The highest BCUT2D eigenvalue weighted by Gasteiger charge is 2.19. The first kappa shape index (κ1) is 52.4. The van der Waals surface area contributed by atoms with Crippen LogP contribution >= 0.6 is 0 Å². The minimum absolute atomic E-state index is 0.0737. The third-order valence-corrected chi connectivity index (χ3v) is 9.85. The SMILES string of the molecule is CC/C=C\C/C=C\C/C=C\C/C=C\CCCCCCCCCCC(=O)OCC(COC(=O)CCCCCCCCCC)OC(=O)CCCCCCCCCC. The molecule has 0 aromatic heterocycles. The highest BCUT2D eigenvalue weighted by molar-refractivity contribution is 5.71. The zero-order valence-corrected chi connectivity index (χ0v) is 36.2. The highest BCUT2D eigenvalue weighted by Crippen LogP contribution is 2.14. The molecule has 0 spiro atoms. The fraction of sp³-hybridized carbons (Fsp3) is 0.776. The molecule has 0 heterocycles. The molecular formula is C49H86O6. The standard InChI is InChI=1S/C49H86O6/c1-4-7-10-13-16-19-20-21-22-23-24-25-26-27-28-29-30-31-34-36-39-42-48(51)54-45-46(55-49(52)43-40-37-33-18-15-12-9-6-3)44-53-47(50)41-38-35-32-17-14-11-8-5-2/h7,10,16,19,21-22,24-25,46H,4-6,8-9,11-15,17-18,20,23,26-45H2,1-3H3/b10-7-,19-16-,22-21-,25-24-. The van der Waals surface area contributed by atoms with Gasteiger partial charge in [-0.3, -0.25) is 14.4 Å². The van der Waals surface area contributed by atoms with Gasteiger partial charge in [0.15, 0.2) is 6.10 Å². The van der Waals surface area contributed by atoms with Crippen LogP contribution in [0.2, 0.25) is 0 Å². The highest BCUT2D eigenvalue weighted by atomic mass is 16.6. The van der Waals surface area contributed by atoms with Crippen molar-refractivity contribution in [1.82, 2.24) is 0 Å². The van der Waals surface area contributed by atoms with E-state index in [9.17, 15) is 14.4 Å². The quantitative estimate of drug-likeness (QED) is 0.0267. The van der Waals surface area contributed by atoms with Crippen molar-refractivity contribution in [2.75, 3.05) is 13.2 Å². The van der Waals surface area contributed by atoms with E-state index in [0.29, 0.717) is 19.3 Å². The molecule has 0 aromatic rings. The van der Waals surface area contributed by atoms with Gasteiger partial charge in [0.1, 0.15) is 13.2 Å². The predicted molar refractivity (Wildman–Crippen MR) is 233 cm³/mol. The molecule has 6 nitrogen and oxygen atoms in total. The number of esters is 3. The summed E-state index contributed by atoms with van der Waals surface area (Å²) in [6.07, 6.45) is 51.1. The van der Waals surface area contributed by atoms with E-state index in [1.54, 1.807) is 0 Å². The Morgan fingerprint density at radius 3 is 1.11 bits per heavy atom. The second-order valence-corrected chi connectivity index (χ2v) is 15.3. The molecule has 0 amide bonds. The van der Waals surface area contributed by atoms with Gasteiger partial charge in [-0.05, 0) is 57.8 Å². The Bertz CT molecular complexity index is 980. The zero-order valence-electron chi connectivity index (χ0n) is 36.2. The molecule has 0 aromatic carbocycles. The lowest BCUT2D eigenvalue weighted by atomic mass is 10.1. The largest absolute Gasteiger partial charge is 0.462 e. The van der Waals surface area contributed by atoms with Gasteiger partial charge >= 0.3 is 17.9 Å². The Hall–Kier alpha value is -2.63. The Labute approximate surface area is 339 Å². The van der Waals surface area contributed by atoms with Gasteiger partial charge in [-0.15, -0.1) is 0 Å². The maximum atomic E-state index is 12.6. The van der Waals surface area contributed by atoms with Gasteiger partial charge in [0, 0.05) is 19.3 Å². The monoisotopic (exact) mass is 771 g/mol. The minimum atomic E-state index is -0.768. The average molecular weight is 771 g/mol. The van der Waals surface area contributed by atoms with E-state index in [-0.39, 0.29) is 31.1 Å². The van der Waals surface area contributed by atoms with Gasteiger partial charge in [0.2, 0.25) is 0 Å². The summed E-state index contributed by atoms with van der Waals surface area (Å²) in [7, 11) is 0. The van der Waals surface area contributed by atoms with E-state index >= 15 is 0 Å². The van der Waals surface area contributed by atoms with Crippen molar-refractivity contribution in [3.8, 4) is 0 Å². The van der Waals surface area contributed by atoms with Crippen molar-refractivity contribution < 1.29 is 28.6 Å². The average Bonchev–Trinajstić information content (AvgIpc) is 3.18. The summed E-state index contributed by atoms with van der Waals surface area (Å²) in [5.41, 5.74) is 0. The summed E-state index contributed by atoms with van der Waals surface area (Å²) >= 11 is 0. The number of hydrogen-bond acceptors (Lipinski definition) is 6. The first-order chi connectivity index (χ1) is 27.0. The summed E-state index contributed by atoms with van der Waals surface area (Å²) in [5.74, 6) is -0.890. The third-order valence-electron chi connectivity index (χ3n) is 9.85. The van der Waals surface area contributed by atoms with Crippen LogP contribution in [0.1, 0.15) is 226 Å². The second kappa shape index (κ2) is 44.1. The number of carbonyl (C=O) groups is 3. The number of carbonyl (C=O) groups excluding carboxylic acids is 3. The summed E-state index contributed by atoms with van der Waals surface area (Å²) in [6.45, 7) is 6.45. The van der Waals surface area contributed by atoms with Crippen LogP contribution in [0.5, 0.6) is 0 Å². The van der Waals surface area contributed by atoms with E-state index in [1.165, 1.54) is 96.3 Å². The number of rotatable bonds is 41. The Kier molecular flexibility index (Phi) is 42.0. The Balaban J connectivity index is 4.19. The van der Waals surface area contributed by atoms with Crippen LogP contribution < -0.4 is 0 Å². The Morgan fingerprint density at radius 2 is 0.709 bits per heavy atom. The van der Waals surface area contributed by atoms with Crippen LogP contribution in [0.4, 0.5) is 0 Å². The molecular weight excluding hydrogens is 685 g/mol. The maximum absolute atomic E-state index is 12.6. The molecule has 6 heteroatoms. The van der Waals surface area contributed by atoms with E-state index < -0.39 is 6.10 Å². The van der Waals surface area contributed by atoms with Gasteiger partial charge in [-0.25, -0.2) is 0 Å². The number of ether oxygens (including phenoxy) is 3. The van der Waals surface area contributed by atoms with Crippen molar-refractivity contribution in [3.63, 3.8) is 0 Å². The molecule has 0 aliphatic heterocycles. The molecule has 0 bridgehead atoms. The topological polar surface area (TPSA) is 78.9 Å². The molecule has 0 N–H and O–H groups in total. The van der Waals surface area contributed by atoms with Crippen LogP contribution in [0.3, 0.4) is 0 Å². The van der Waals surface area contributed by atoms with Crippen molar-refractivity contribution >= 4 is 17.9 Å². The van der Waals surface area contributed by atoms with E-state index in [4.69, 9.17) is 14.2 Å². The maximum Gasteiger partial charge on any atom is 0.306 e. The minimum Gasteiger partial charge on any atom is -0.462 e. The van der Waals surface area contributed by atoms with Crippen molar-refractivity contribution in [1.29, 1.82) is 0 Å². The molecule has 0 radical (unpaired) electrons. The fourth-order valence-corrected chi connectivity index (χ4v) is 6.37. The zero-order chi connectivity index (χ0) is 40.1. The molecule has 0 aliphatic rings. The van der Waals surface area contributed by atoms with Crippen molar-refractivity contribution in [2.45, 2.75) is 232 Å². The van der Waals surface area contributed by atoms with E-state index in [0.717, 1.165) is 89.9 Å². The van der Waals surface area contributed by atoms with Gasteiger partial charge in [-0.2, -0.15) is 0 Å². The van der Waals surface area contributed by atoms with Gasteiger partial charge in [-0.1, -0.05) is 198 Å². The molecule has 0 aliphatic carbocycles. The Morgan fingerprint density at radius 1 is 0.382 bits per heavy atom. The van der Waals surface area contributed by atoms with Gasteiger partial charge in [0.05, 0.1) is 0 Å². The molecule has 1 unspecified atom stereocenters. The first-order valence-electron chi connectivity index (χ1n) is 23.1. The van der Waals surface area contributed by atoms with Crippen molar-refractivity contribution in [3.05, 3.63) is 48.6 Å². The lowest BCUT2D eigenvalue weighted by Crippen LogP contribution is -2.30. The summed E-state index contributed by atoms with van der Waals surface area (Å²) in [5, 5.41) is 0. The fourth-order valence-electron chi connectivity index (χ4n) is 6.37. The van der Waals surface area contributed by atoms with Gasteiger partial charge < -0.3 is 14.2 Å². The van der Waals surface area contributed by atoms with Crippen LogP contribution in [-0.2, 0) is 28.6 Å². The molecule has 318 valence electrons. The van der Waals surface area contributed by atoms with Crippen LogP contribution in [0.25, 0.3) is 0 Å². The predicted octanol–water partition coefficient (Wildman–Crippen LogP) is 14.8. The molecule has 0 saturated carbocycles. The van der Waals surface area contributed by atoms with Crippen LogP contribution in [-0.4, -0.2) is 37.2 Å².